The van der Waals surface area contributed by atoms with Gasteiger partial charge in [-0.3, -0.25) is 4.79 Å². The number of benzene rings is 1. The Hall–Kier alpha value is -1.20. The minimum absolute atomic E-state index is 0.383. The molecule has 0 bridgehead atoms. The maximum absolute atomic E-state index is 12.6. The number of carbonyl (C=O) groups excluding carboxylic acids is 1. The highest BCUT2D eigenvalue weighted by molar-refractivity contribution is 6.93. The fraction of sp³-hybridized carbons (Fsp3) is 0.389. The Morgan fingerprint density at radius 2 is 1.38 bits per heavy atom. The third-order valence-corrected chi connectivity index (χ3v) is 8.19. The molecule has 1 aromatic rings. The number of rotatable bonds is 3. The van der Waals surface area contributed by atoms with E-state index in [-0.39, 0.29) is 0 Å². The van der Waals surface area contributed by atoms with Crippen LogP contribution in [0.3, 0.4) is 0 Å². The van der Waals surface area contributed by atoms with E-state index in [9.17, 15) is 4.79 Å². The summed E-state index contributed by atoms with van der Waals surface area (Å²) in [7, 11) is -3.13. The molecule has 0 heterocycles. The van der Waals surface area contributed by atoms with Gasteiger partial charge in [-0.05, 0) is 16.3 Å². The molecule has 2 rings (SSSR count). The van der Waals surface area contributed by atoms with Gasteiger partial charge in [-0.15, -0.1) is 0 Å². The second-order valence-electron chi connectivity index (χ2n) is 7.93. The molecule has 0 radical (unpaired) electrons. The zero-order valence-corrected chi connectivity index (χ0v) is 16.1. The van der Waals surface area contributed by atoms with E-state index in [4.69, 9.17) is 0 Å². The summed E-state index contributed by atoms with van der Waals surface area (Å²) in [5.74, 6) is 0.383. The van der Waals surface area contributed by atoms with Gasteiger partial charge < -0.3 is 0 Å². The lowest BCUT2D eigenvalue weighted by Gasteiger charge is -2.26. The van der Waals surface area contributed by atoms with Crippen LogP contribution in [0.25, 0.3) is 6.08 Å². The summed E-state index contributed by atoms with van der Waals surface area (Å²) in [4.78, 5) is 12.6. The average molecular weight is 315 g/mol. The highest BCUT2D eigenvalue weighted by atomic mass is 28.3. The van der Waals surface area contributed by atoms with E-state index in [1.165, 1.54) is 21.5 Å². The van der Waals surface area contributed by atoms with Crippen molar-refractivity contribution in [3.05, 3.63) is 51.9 Å². The van der Waals surface area contributed by atoms with Gasteiger partial charge in [0.15, 0.2) is 5.78 Å². The summed E-state index contributed by atoms with van der Waals surface area (Å²) in [6, 6.07) is 10.4. The lowest BCUT2D eigenvalue weighted by atomic mass is 10.1. The largest absolute Gasteiger partial charge is 0.295 e. The van der Waals surface area contributed by atoms with Crippen molar-refractivity contribution in [2.24, 2.45) is 0 Å². The quantitative estimate of drug-likeness (QED) is 0.710. The summed E-state index contributed by atoms with van der Waals surface area (Å²) in [6.07, 6.45) is 2.84. The number of carbonyl (C=O) groups is 1. The predicted molar refractivity (Wildman–Crippen MR) is 97.8 cm³/mol. The smallest absolute Gasteiger partial charge is 0.159 e. The molecule has 1 aliphatic rings. The molecule has 1 aromatic carbocycles. The van der Waals surface area contributed by atoms with Crippen molar-refractivity contribution < 1.29 is 4.79 Å². The number of allylic oxidation sites excluding steroid dienone is 3. The first-order valence-electron chi connectivity index (χ1n) is 7.65. The highest BCUT2D eigenvalue weighted by Gasteiger charge is 2.40. The maximum Gasteiger partial charge on any atom is 0.159 e. The first-order chi connectivity index (χ1) is 9.60. The van der Waals surface area contributed by atoms with Crippen LogP contribution in [-0.4, -0.2) is 21.9 Å². The molecular formula is C18H26OSi2. The summed E-state index contributed by atoms with van der Waals surface area (Å²) in [5.41, 5.74) is 2.48. The van der Waals surface area contributed by atoms with Gasteiger partial charge in [0.2, 0.25) is 0 Å². The third kappa shape index (κ3) is 3.53. The Balaban J connectivity index is 2.62. The van der Waals surface area contributed by atoms with Gasteiger partial charge in [0.25, 0.3) is 0 Å². The molecule has 0 unspecified atom stereocenters. The number of hydrogen-bond acceptors (Lipinski definition) is 1. The Kier molecular flexibility index (Phi) is 4.27. The van der Waals surface area contributed by atoms with Crippen LogP contribution < -0.4 is 0 Å². The topological polar surface area (TPSA) is 17.1 Å². The SMILES string of the molecule is C[Si](C)(C)C1=C([Si](C)(C)C)/C(=C/c2ccccc2)CC1=O. The normalized spacial score (nSPS) is 18.8. The second-order valence-corrected chi connectivity index (χ2v) is 17.9. The van der Waals surface area contributed by atoms with E-state index in [1.807, 2.05) is 6.07 Å². The lowest BCUT2D eigenvalue weighted by molar-refractivity contribution is -0.114. The molecule has 0 aromatic heterocycles. The summed E-state index contributed by atoms with van der Waals surface area (Å²) >= 11 is 0. The molecule has 0 fully saturated rings. The van der Waals surface area contributed by atoms with Crippen molar-refractivity contribution in [3.8, 4) is 0 Å². The third-order valence-electron chi connectivity index (χ3n) is 3.84. The maximum atomic E-state index is 12.6. The standard InChI is InChI=1S/C18H26OSi2/c1-20(2,3)17-15(12-14-10-8-7-9-11-14)13-16(19)18(17)21(4,5)6/h7-12H,13H2,1-6H3/b15-12+. The molecule has 0 amide bonds. The van der Waals surface area contributed by atoms with Crippen LogP contribution >= 0.6 is 0 Å². The minimum atomic E-state index is -1.60. The van der Waals surface area contributed by atoms with E-state index in [2.05, 4.69) is 69.6 Å². The molecule has 1 nitrogen and oxygen atoms in total. The van der Waals surface area contributed by atoms with Crippen molar-refractivity contribution in [2.45, 2.75) is 45.7 Å². The zero-order valence-electron chi connectivity index (χ0n) is 14.1. The van der Waals surface area contributed by atoms with Gasteiger partial charge in [-0.2, -0.15) is 0 Å². The van der Waals surface area contributed by atoms with E-state index in [0.717, 1.165) is 0 Å². The molecule has 21 heavy (non-hydrogen) atoms. The average Bonchev–Trinajstić information content (AvgIpc) is 2.66. The Labute approximate surface area is 130 Å². The Morgan fingerprint density at radius 3 is 1.86 bits per heavy atom. The van der Waals surface area contributed by atoms with Gasteiger partial charge in [0.1, 0.15) is 0 Å². The van der Waals surface area contributed by atoms with Crippen molar-refractivity contribution in [3.63, 3.8) is 0 Å². The van der Waals surface area contributed by atoms with Gasteiger partial charge in [-0.1, -0.05) is 80.9 Å². The molecule has 0 spiro atoms. The van der Waals surface area contributed by atoms with E-state index >= 15 is 0 Å². The Morgan fingerprint density at radius 1 is 0.857 bits per heavy atom. The second kappa shape index (κ2) is 5.54. The van der Waals surface area contributed by atoms with Crippen molar-refractivity contribution in [2.75, 3.05) is 0 Å². The summed E-state index contributed by atoms with van der Waals surface area (Å²) in [5, 5.41) is 2.65. The molecule has 0 saturated heterocycles. The van der Waals surface area contributed by atoms with Crippen LogP contribution in [0.15, 0.2) is 46.3 Å². The fourth-order valence-corrected chi connectivity index (χ4v) is 9.27. The van der Waals surface area contributed by atoms with Crippen LogP contribution in [0.5, 0.6) is 0 Å². The van der Waals surface area contributed by atoms with Crippen LogP contribution in [0.1, 0.15) is 12.0 Å². The lowest BCUT2D eigenvalue weighted by Crippen LogP contribution is -2.34. The first kappa shape index (κ1) is 16.2. The van der Waals surface area contributed by atoms with Crippen molar-refractivity contribution in [1.29, 1.82) is 0 Å². The molecule has 112 valence electrons. The van der Waals surface area contributed by atoms with Crippen LogP contribution in [-0.2, 0) is 4.79 Å². The van der Waals surface area contributed by atoms with Gasteiger partial charge in [0, 0.05) is 6.42 Å². The van der Waals surface area contributed by atoms with Gasteiger partial charge in [-0.25, -0.2) is 0 Å². The monoisotopic (exact) mass is 314 g/mol. The van der Waals surface area contributed by atoms with Crippen molar-refractivity contribution >= 4 is 28.0 Å². The molecule has 0 aliphatic heterocycles. The van der Waals surface area contributed by atoms with E-state index in [1.54, 1.807) is 0 Å². The van der Waals surface area contributed by atoms with Crippen LogP contribution in [0.4, 0.5) is 0 Å². The predicted octanol–water partition coefficient (Wildman–Crippen LogP) is 5.09. The van der Waals surface area contributed by atoms with Crippen LogP contribution in [0, 0.1) is 0 Å². The van der Waals surface area contributed by atoms with Crippen molar-refractivity contribution in [1.82, 2.24) is 0 Å². The number of Topliss-reactive ketones (excluding diaryl/α,β-unsaturated/α-hetero) is 1. The number of hydrogen-bond donors (Lipinski definition) is 0. The summed E-state index contributed by atoms with van der Waals surface area (Å²) in [6.45, 7) is 14.0. The fourth-order valence-electron chi connectivity index (χ4n) is 3.17. The minimum Gasteiger partial charge on any atom is -0.295 e. The zero-order chi connectivity index (χ0) is 15.8. The van der Waals surface area contributed by atoms with E-state index < -0.39 is 16.1 Å². The molecule has 0 N–H and O–H groups in total. The van der Waals surface area contributed by atoms with E-state index in [0.29, 0.717) is 12.2 Å². The molecule has 0 atom stereocenters. The molecule has 1 aliphatic carbocycles. The molecule has 0 saturated carbocycles. The molecule has 3 heteroatoms. The highest BCUT2D eigenvalue weighted by Crippen LogP contribution is 2.40. The number of ketones is 1. The summed E-state index contributed by atoms with van der Waals surface area (Å²) < 4.78 is 0. The molecular weight excluding hydrogens is 288 g/mol. The van der Waals surface area contributed by atoms with Crippen LogP contribution in [0.2, 0.25) is 39.3 Å². The van der Waals surface area contributed by atoms with Gasteiger partial charge >= 0.3 is 0 Å². The van der Waals surface area contributed by atoms with Gasteiger partial charge in [0.05, 0.1) is 16.1 Å². The Bertz CT molecular complexity index is 611. The first-order valence-corrected chi connectivity index (χ1v) is 14.6.